The molecule has 3 aromatic rings. The van der Waals surface area contributed by atoms with Gasteiger partial charge in [0.15, 0.2) is 0 Å². The topological polar surface area (TPSA) is 70.8 Å². The molecule has 5 nitrogen and oxygen atoms in total. The summed E-state index contributed by atoms with van der Waals surface area (Å²) in [4.78, 5) is 12.7. The second-order valence-corrected chi connectivity index (χ2v) is 9.85. The molecule has 0 saturated heterocycles. The van der Waals surface area contributed by atoms with Gasteiger partial charge in [0.2, 0.25) is 0 Å². The van der Waals surface area contributed by atoms with Crippen LogP contribution in [0.4, 0.5) is 5.69 Å². The molecule has 0 heterocycles. The number of esters is 1. The molecule has 3 rings (SSSR count). The van der Waals surface area contributed by atoms with Crippen LogP contribution in [-0.4, -0.2) is 26.9 Å². The number of anilines is 1. The van der Waals surface area contributed by atoms with Crippen LogP contribution >= 0.6 is 8.58 Å². The van der Waals surface area contributed by atoms with Crippen LogP contribution in [0, 0.1) is 19.8 Å². The number of methoxy groups -OCH3 is 2. The van der Waals surface area contributed by atoms with Crippen molar-refractivity contribution in [2.24, 2.45) is 5.92 Å². The van der Waals surface area contributed by atoms with E-state index < -0.39 is 0 Å². The molecule has 2 N–H and O–H groups in total. The molecule has 0 saturated carbocycles. The summed E-state index contributed by atoms with van der Waals surface area (Å²) in [6.45, 7) is 9.14. The first-order valence-corrected chi connectivity index (χ1v) is 13.2. The zero-order chi connectivity index (χ0) is 25.5. The maximum Gasteiger partial charge on any atom is 0.309 e. The van der Waals surface area contributed by atoms with Crippen molar-refractivity contribution < 1.29 is 19.0 Å². The number of carbonyl (C=O) groups is 1. The molecule has 0 radical (unpaired) electrons. The molecule has 0 fully saturated rings. The summed E-state index contributed by atoms with van der Waals surface area (Å²) in [5.74, 6) is 0.0300. The third-order valence-corrected chi connectivity index (χ3v) is 7.63. The lowest BCUT2D eigenvalue weighted by molar-refractivity contribution is -0.145. The van der Waals surface area contributed by atoms with Crippen LogP contribution in [0.5, 0.6) is 5.75 Å². The smallest absolute Gasteiger partial charge is 0.309 e. The molecule has 0 bridgehead atoms. The molecule has 0 aliphatic carbocycles. The number of benzene rings is 3. The Bertz CT molecular complexity index is 1160. The minimum absolute atomic E-state index is 0.181. The Kier molecular flexibility index (Phi) is 9.31. The van der Waals surface area contributed by atoms with Crippen LogP contribution in [0.2, 0.25) is 0 Å². The highest BCUT2D eigenvalue weighted by atomic mass is 31.1. The highest BCUT2D eigenvalue weighted by molar-refractivity contribution is 7.46. The third kappa shape index (κ3) is 6.22. The molecule has 0 aliphatic rings. The fourth-order valence-electron chi connectivity index (χ4n) is 4.40. The quantitative estimate of drug-likeness (QED) is 0.230. The maximum absolute atomic E-state index is 12.7. The van der Waals surface area contributed by atoms with E-state index >= 15 is 0 Å². The summed E-state index contributed by atoms with van der Waals surface area (Å²) in [5, 5.41) is 1.15. The van der Waals surface area contributed by atoms with Crippen LogP contribution in [-0.2, 0) is 27.5 Å². The molecule has 0 amide bonds. The summed E-state index contributed by atoms with van der Waals surface area (Å²) in [6, 6.07) is 18.4. The molecular formula is C29H36NO4P. The summed E-state index contributed by atoms with van der Waals surface area (Å²) < 4.78 is 16.4. The summed E-state index contributed by atoms with van der Waals surface area (Å²) >= 11 is 0. The van der Waals surface area contributed by atoms with Crippen molar-refractivity contribution in [2.75, 3.05) is 26.6 Å². The van der Waals surface area contributed by atoms with Crippen LogP contribution in [0.25, 0.3) is 0 Å². The lowest BCUT2D eigenvalue weighted by Crippen LogP contribution is -2.23. The minimum Gasteiger partial charge on any atom is -0.497 e. The highest BCUT2D eigenvalue weighted by Crippen LogP contribution is 2.37. The number of nitrogens with two attached hydrogens (primary N) is 1. The number of carbonyl (C=O) groups excluding carboxylic acids is 1. The fraction of sp³-hybridized carbons (Fsp3) is 0.345. The van der Waals surface area contributed by atoms with Crippen molar-refractivity contribution in [3.05, 3.63) is 88.0 Å². The molecule has 0 spiro atoms. The van der Waals surface area contributed by atoms with E-state index in [1.807, 2.05) is 38.1 Å². The van der Waals surface area contributed by atoms with E-state index in [9.17, 15) is 4.79 Å². The van der Waals surface area contributed by atoms with Gasteiger partial charge in [0.05, 0.1) is 33.4 Å². The standard InChI is InChI=1S/C29H36NO4P/c1-18-7-10-22(15-23(18)17-34-16-21-8-11-24(32-4)12-9-21)27(20(3)29(31)33-5)25-13-14-26(35-6)28(30)19(25)2/h7-15,20,27,35H,16-17,30H2,1-6H3. The lowest BCUT2D eigenvalue weighted by atomic mass is 9.79. The molecule has 186 valence electrons. The monoisotopic (exact) mass is 493 g/mol. The number of aryl methyl sites for hydroxylation is 1. The zero-order valence-corrected chi connectivity index (χ0v) is 22.5. The van der Waals surface area contributed by atoms with Gasteiger partial charge >= 0.3 is 5.97 Å². The normalized spacial score (nSPS) is 13.1. The summed E-state index contributed by atoms with van der Waals surface area (Å²) in [7, 11) is 3.71. The number of hydrogen-bond donors (Lipinski definition) is 1. The number of rotatable bonds is 10. The van der Waals surface area contributed by atoms with Crippen molar-refractivity contribution in [1.82, 2.24) is 0 Å². The fourth-order valence-corrected chi connectivity index (χ4v) is 5.11. The van der Waals surface area contributed by atoms with E-state index in [-0.39, 0.29) is 17.8 Å². The lowest BCUT2D eigenvalue weighted by Gasteiger charge is -2.27. The van der Waals surface area contributed by atoms with Gasteiger partial charge in [-0.1, -0.05) is 58.0 Å². The van der Waals surface area contributed by atoms with E-state index in [2.05, 4.69) is 43.9 Å². The van der Waals surface area contributed by atoms with Crippen molar-refractivity contribution in [1.29, 1.82) is 0 Å². The van der Waals surface area contributed by atoms with E-state index in [0.29, 0.717) is 21.8 Å². The van der Waals surface area contributed by atoms with E-state index in [1.54, 1.807) is 7.11 Å². The predicted octanol–water partition coefficient (Wildman–Crippen LogP) is 5.49. The Labute approximate surface area is 210 Å². The first-order valence-electron chi connectivity index (χ1n) is 11.7. The van der Waals surface area contributed by atoms with Gasteiger partial charge in [0.1, 0.15) is 5.75 Å². The Hall–Kier alpha value is -2.88. The molecule has 0 aliphatic heterocycles. The highest BCUT2D eigenvalue weighted by Gasteiger charge is 2.30. The van der Waals surface area contributed by atoms with Crippen LogP contribution in [0.3, 0.4) is 0 Å². The average molecular weight is 494 g/mol. The van der Waals surface area contributed by atoms with Gasteiger partial charge in [-0.2, -0.15) is 0 Å². The molecule has 3 atom stereocenters. The zero-order valence-electron chi connectivity index (χ0n) is 21.5. The second kappa shape index (κ2) is 12.2. The average Bonchev–Trinajstić information content (AvgIpc) is 2.88. The molecule has 6 heteroatoms. The first-order chi connectivity index (χ1) is 16.8. The largest absolute Gasteiger partial charge is 0.497 e. The van der Waals surface area contributed by atoms with Gasteiger partial charge in [-0.3, -0.25) is 4.79 Å². The SMILES string of the molecule is COC(=O)C(C)C(c1ccc(C)c(COCc2ccc(OC)cc2)c1)c1ccc(PC)c(N)c1C. The number of ether oxygens (including phenoxy) is 3. The van der Waals surface area contributed by atoms with Crippen LogP contribution < -0.4 is 15.8 Å². The number of hydrogen-bond acceptors (Lipinski definition) is 5. The van der Waals surface area contributed by atoms with Crippen LogP contribution in [0.15, 0.2) is 54.6 Å². The Balaban J connectivity index is 1.91. The van der Waals surface area contributed by atoms with Gasteiger partial charge in [0.25, 0.3) is 0 Å². The summed E-state index contributed by atoms with van der Waals surface area (Å²) in [5.41, 5.74) is 13.7. The maximum atomic E-state index is 12.7. The molecule has 0 aromatic heterocycles. The summed E-state index contributed by atoms with van der Waals surface area (Å²) in [6.07, 6.45) is 0. The van der Waals surface area contributed by atoms with Crippen LogP contribution in [0.1, 0.15) is 46.2 Å². The Morgan fingerprint density at radius 2 is 1.71 bits per heavy atom. The predicted molar refractivity (Wildman–Crippen MR) is 145 cm³/mol. The van der Waals surface area contributed by atoms with Crippen molar-refractivity contribution >= 4 is 25.5 Å². The Morgan fingerprint density at radius 3 is 2.34 bits per heavy atom. The van der Waals surface area contributed by atoms with E-state index in [0.717, 1.165) is 50.1 Å². The first kappa shape index (κ1) is 26.7. The van der Waals surface area contributed by atoms with Gasteiger partial charge in [0, 0.05) is 11.6 Å². The van der Waals surface area contributed by atoms with E-state index in [1.165, 1.54) is 7.11 Å². The van der Waals surface area contributed by atoms with Gasteiger partial charge in [-0.05, 0) is 71.3 Å². The molecule has 3 aromatic carbocycles. The second-order valence-electron chi connectivity index (χ2n) is 8.81. The number of nitrogen functional groups attached to an aromatic ring is 1. The minimum atomic E-state index is -0.371. The van der Waals surface area contributed by atoms with Gasteiger partial charge < -0.3 is 19.9 Å². The third-order valence-electron chi connectivity index (χ3n) is 6.65. The van der Waals surface area contributed by atoms with Crippen molar-refractivity contribution in [3.63, 3.8) is 0 Å². The van der Waals surface area contributed by atoms with E-state index in [4.69, 9.17) is 19.9 Å². The molecule has 3 unspecified atom stereocenters. The molecule has 35 heavy (non-hydrogen) atoms. The van der Waals surface area contributed by atoms with Gasteiger partial charge in [-0.15, -0.1) is 0 Å². The Morgan fingerprint density at radius 1 is 1.00 bits per heavy atom. The molecular weight excluding hydrogens is 457 g/mol. The van der Waals surface area contributed by atoms with Gasteiger partial charge in [-0.25, -0.2) is 0 Å². The van der Waals surface area contributed by atoms with Crippen molar-refractivity contribution in [3.8, 4) is 5.75 Å². The van der Waals surface area contributed by atoms with Crippen molar-refractivity contribution in [2.45, 2.75) is 39.9 Å².